The zero-order valence-corrected chi connectivity index (χ0v) is 11.0. The van der Waals surface area contributed by atoms with Gasteiger partial charge >= 0.3 is 0 Å². The third-order valence-corrected chi connectivity index (χ3v) is 3.77. The monoisotopic (exact) mass is 241 g/mol. The third kappa shape index (κ3) is 2.03. The van der Waals surface area contributed by atoms with Crippen LogP contribution in [-0.4, -0.2) is 0 Å². The number of hydrogen-bond donors (Lipinski definition) is 1. The lowest BCUT2D eigenvalue weighted by Gasteiger charge is -2.24. The van der Waals surface area contributed by atoms with E-state index in [1.807, 2.05) is 6.26 Å². The fourth-order valence-corrected chi connectivity index (χ4v) is 2.72. The molecule has 0 bridgehead atoms. The van der Waals surface area contributed by atoms with Crippen molar-refractivity contribution in [3.63, 3.8) is 0 Å². The Labute approximate surface area is 108 Å². The minimum atomic E-state index is 0.396. The minimum Gasteiger partial charge on any atom is -0.469 e. The topological polar surface area (TPSA) is 25.2 Å². The second-order valence-electron chi connectivity index (χ2n) is 5.21. The predicted molar refractivity (Wildman–Crippen MR) is 73.9 cm³/mol. The van der Waals surface area contributed by atoms with E-state index in [4.69, 9.17) is 4.42 Å². The molecule has 0 spiro atoms. The first-order chi connectivity index (χ1) is 8.74. The standard InChI is InChI=1S/C16H19NO/c1-11-6-7-12(2)15(10-11)17-14-4-3-5-16-13(14)8-9-18-16/h6-10,14,17H,3-5H2,1-2H3. The molecule has 1 aliphatic carbocycles. The van der Waals surface area contributed by atoms with Crippen LogP contribution in [0.25, 0.3) is 0 Å². The van der Waals surface area contributed by atoms with Crippen molar-refractivity contribution < 1.29 is 4.42 Å². The molecule has 1 unspecified atom stereocenters. The van der Waals surface area contributed by atoms with Crippen LogP contribution in [0.1, 0.15) is 41.3 Å². The van der Waals surface area contributed by atoms with Gasteiger partial charge in [-0.2, -0.15) is 0 Å². The summed E-state index contributed by atoms with van der Waals surface area (Å²) in [5.74, 6) is 1.16. The van der Waals surface area contributed by atoms with Crippen LogP contribution in [0.15, 0.2) is 34.9 Å². The van der Waals surface area contributed by atoms with Crippen molar-refractivity contribution in [1.29, 1.82) is 0 Å². The van der Waals surface area contributed by atoms with Crippen molar-refractivity contribution in [3.05, 3.63) is 53.0 Å². The molecule has 2 aromatic rings. The van der Waals surface area contributed by atoms with Crippen LogP contribution in [0.4, 0.5) is 5.69 Å². The van der Waals surface area contributed by atoms with Crippen LogP contribution in [-0.2, 0) is 6.42 Å². The molecule has 1 aliphatic rings. The lowest BCUT2D eigenvalue weighted by atomic mass is 9.93. The maximum Gasteiger partial charge on any atom is 0.109 e. The highest BCUT2D eigenvalue weighted by Gasteiger charge is 2.22. The Kier molecular flexibility index (Phi) is 2.86. The van der Waals surface area contributed by atoms with E-state index in [0.717, 1.165) is 12.2 Å². The van der Waals surface area contributed by atoms with E-state index in [0.29, 0.717) is 6.04 Å². The Balaban J connectivity index is 1.88. The predicted octanol–water partition coefficient (Wildman–Crippen LogP) is 4.39. The average Bonchev–Trinajstić information content (AvgIpc) is 2.83. The van der Waals surface area contributed by atoms with Gasteiger partial charge in [0.25, 0.3) is 0 Å². The molecule has 3 rings (SSSR count). The maximum absolute atomic E-state index is 5.54. The number of benzene rings is 1. The zero-order valence-electron chi connectivity index (χ0n) is 11.0. The van der Waals surface area contributed by atoms with Gasteiger partial charge in [-0.05, 0) is 49.9 Å². The molecular weight excluding hydrogens is 222 g/mol. The minimum absolute atomic E-state index is 0.396. The highest BCUT2D eigenvalue weighted by atomic mass is 16.3. The van der Waals surface area contributed by atoms with E-state index in [9.17, 15) is 0 Å². The molecule has 0 radical (unpaired) electrons. The van der Waals surface area contributed by atoms with Gasteiger partial charge in [0.05, 0.1) is 12.3 Å². The van der Waals surface area contributed by atoms with Gasteiger partial charge in [-0.25, -0.2) is 0 Å². The fraction of sp³-hybridized carbons (Fsp3) is 0.375. The zero-order chi connectivity index (χ0) is 12.5. The van der Waals surface area contributed by atoms with Crippen LogP contribution in [0.3, 0.4) is 0 Å². The highest BCUT2D eigenvalue weighted by Crippen LogP contribution is 2.34. The molecule has 18 heavy (non-hydrogen) atoms. The Morgan fingerprint density at radius 3 is 3.00 bits per heavy atom. The lowest BCUT2D eigenvalue weighted by Crippen LogP contribution is -2.16. The van der Waals surface area contributed by atoms with Crippen molar-refractivity contribution in [1.82, 2.24) is 0 Å². The molecule has 0 saturated heterocycles. The Hall–Kier alpha value is -1.70. The van der Waals surface area contributed by atoms with Gasteiger partial charge in [0.15, 0.2) is 0 Å². The van der Waals surface area contributed by atoms with E-state index in [2.05, 4.69) is 43.4 Å². The molecule has 1 N–H and O–H groups in total. The number of fused-ring (bicyclic) bond motifs is 1. The Morgan fingerprint density at radius 1 is 1.22 bits per heavy atom. The second kappa shape index (κ2) is 4.52. The third-order valence-electron chi connectivity index (χ3n) is 3.77. The van der Waals surface area contributed by atoms with Gasteiger partial charge in [0, 0.05) is 17.7 Å². The summed E-state index contributed by atoms with van der Waals surface area (Å²) in [5, 5.41) is 3.67. The summed E-state index contributed by atoms with van der Waals surface area (Å²) in [6.45, 7) is 4.29. The number of furan rings is 1. The van der Waals surface area contributed by atoms with E-state index < -0.39 is 0 Å². The summed E-state index contributed by atoms with van der Waals surface area (Å²) in [6, 6.07) is 9.07. The summed E-state index contributed by atoms with van der Waals surface area (Å²) in [5.41, 5.74) is 5.18. The SMILES string of the molecule is Cc1ccc(C)c(NC2CCCc3occc32)c1. The number of rotatable bonds is 2. The van der Waals surface area contributed by atoms with Gasteiger partial charge in [-0.15, -0.1) is 0 Å². The van der Waals surface area contributed by atoms with Crippen LogP contribution < -0.4 is 5.32 Å². The smallest absolute Gasteiger partial charge is 0.109 e. The van der Waals surface area contributed by atoms with Crippen molar-refractivity contribution in [2.24, 2.45) is 0 Å². The molecule has 1 aromatic carbocycles. The van der Waals surface area contributed by atoms with Gasteiger partial charge in [-0.3, -0.25) is 0 Å². The van der Waals surface area contributed by atoms with Gasteiger partial charge < -0.3 is 9.73 Å². The molecular formula is C16H19NO. The molecule has 1 aromatic heterocycles. The maximum atomic E-state index is 5.54. The first-order valence-corrected chi connectivity index (χ1v) is 6.64. The molecule has 0 fully saturated rings. The van der Waals surface area contributed by atoms with Crippen molar-refractivity contribution in [2.45, 2.75) is 39.2 Å². The van der Waals surface area contributed by atoms with Crippen molar-refractivity contribution in [3.8, 4) is 0 Å². The normalized spacial score (nSPS) is 18.4. The quantitative estimate of drug-likeness (QED) is 0.843. The molecule has 0 aliphatic heterocycles. The molecule has 2 nitrogen and oxygen atoms in total. The summed E-state index contributed by atoms with van der Waals surface area (Å²) < 4.78 is 5.54. The molecule has 1 atom stereocenters. The molecule has 0 amide bonds. The van der Waals surface area contributed by atoms with Crippen LogP contribution in [0.5, 0.6) is 0 Å². The highest BCUT2D eigenvalue weighted by molar-refractivity contribution is 5.54. The second-order valence-corrected chi connectivity index (χ2v) is 5.21. The number of aryl methyl sites for hydroxylation is 3. The van der Waals surface area contributed by atoms with Gasteiger partial charge in [0.1, 0.15) is 5.76 Å². The molecule has 94 valence electrons. The van der Waals surface area contributed by atoms with Crippen molar-refractivity contribution in [2.75, 3.05) is 5.32 Å². The fourth-order valence-electron chi connectivity index (χ4n) is 2.72. The average molecular weight is 241 g/mol. The number of anilines is 1. The lowest BCUT2D eigenvalue weighted by molar-refractivity contribution is 0.461. The summed E-state index contributed by atoms with van der Waals surface area (Å²) in [6.07, 6.45) is 5.27. The first kappa shape index (κ1) is 11.4. The van der Waals surface area contributed by atoms with Crippen molar-refractivity contribution >= 4 is 5.69 Å². The van der Waals surface area contributed by atoms with E-state index >= 15 is 0 Å². The van der Waals surface area contributed by atoms with E-state index in [1.54, 1.807) is 0 Å². The van der Waals surface area contributed by atoms with Crippen LogP contribution in [0.2, 0.25) is 0 Å². The largest absolute Gasteiger partial charge is 0.469 e. The Morgan fingerprint density at radius 2 is 2.11 bits per heavy atom. The summed E-state index contributed by atoms with van der Waals surface area (Å²) in [4.78, 5) is 0. The van der Waals surface area contributed by atoms with Gasteiger partial charge in [-0.1, -0.05) is 12.1 Å². The van der Waals surface area contributed by atoms with Crippen LogP contribution >= 0.6 is 0 Å². The summed E-state index contributed by atoms with van der Waals surface area (Å²) in [7, 11) is 0. The van der Waals surface area contributed by atoms with Crippen LogP contribution in [0, 0.1) is 13.8 Å². The molecule has 2 heteroatoms. The number of nitrogens with one attached hydrogen (secondary N) is 1. The summed E-state index contributed by atoms with van der Waals surface area (Å²) >= 11 is 0. The number of hydrogen-bond acceptors (Lipinski definition) is 2. The molecule has 0 saturated carbocycles. The Bertz CT molecular complexity index is 556. The first-order valence-electron chi connectivity index (χ1n) is 6.64. The van der Waals surface area contributed by atoms with E-state index in [-0.39, 0.29) is 0 Å². The van der Waals surface area contributed by atoms with Gasteiger partial charge in [0.2, 0.25) is 0 Å². The molecule has 1 heterocycles. The van der Waals surface area contributed by atoms with E-state index in [1.165, 1.54) is 35.2 Å².